The zero-order chi connectivity index (χ0) is 32.9. The summed E-state index contributed by atoms with van der Waals surface area (Å²) in [4.78, 5) is 28.7. The van der Waals surface area contributed by atoms with Crippen molar-refractivity contribution in [2.24, 2.45) is 0 Å². The van der Waals surface area contributed by atoms with Crippen LogP contribution >= 0.6 is 34.8 Å². The Balaban J connectivity index is 1.79. The van der Waals surface area contributed by atoms with Gasteiger partial charge in [0.1, 0.15) is 12.6 Å². The highest BCUT2D eigenvalue weighted by Gasteiger charge is 2.37. The molecule has 0 radical (unpaired) electrons. The summed E-state index contributed by atoms with van der Waals surface area (Å²) in [7, 11) is -4.58. The Hall–Kier alpha value is -2.99. The summed E-state index contributed by atoms with van der Waals surface area (Å²) in [6.07, 6.45) is -1.24. The van der Waals surface area contributed by atoms with Crippen LogP contribution in [0.15, 0.2) is 71.6 Å². The first-order valence-electron chi connectivity index (χ1n) is 14.2. The topological polar surface area (TPSA) is 86.8 Å². The van der Waals surface area contributed by atoms with E-state index in [-0.39, 0.29) is 28.9 Å². The van der Waals surface area contributed by atoms with Crippen molar-refractivity contribution >= 4 is 62.3 Å². The molecule has 0 aromatic heterocycles. The first-order valence-corrected chi connectivity index (χ1v) is 16.8. The average Bonchev–Trinajstić information content (AvgIpc) is 3.50. The maximum Gasteiger partial charge on any atom is 0.417 e. The van der Waals surface area contributed by atoms with E-state index in [2.05, 4.69) is 5.32 Å². The Morgan fingerprint density at radius 3 is 2.22 bits per heavy atom. The zero-order valence-electron chi connectivity index (χ0n) is 24.2. The van der Waals surface area contributed by atoms with E-state index in [1.807, 2.05) is 0 Å². The van der Waals surface area contributed by atoms with E-state index in [0.29, 0.717) is 21.0 Å². The van der Waals surface area contributed by atoms with Gasteiger partial charge in [-0.2, -0.15) is 13.2 Å². The van der Waals surface area contributed by atoms with Crippen LogP contribution in [0.4, 0.5) is 18.9 Å². The van der Waals surface area contributed by atoms with E-state index >= 15 is 0 Å². The Morgan fingerprint density at radius 1 is 0.956 bits per heavy atom. The van der Waals surface area contributed by atoms with Crippen LogP contribution in [0.2, 0.25) is 15.1 Å². The number of hydrogen-bond acceptors (Lipinski definition) is 4. The molecular formula is C31H31Cl3F3N3O4S. The van der Waals surface area contributed by atoms with E-state index < -0.39 is 56.9 Å². The predicted molar refractivity (Wildman–Crippen MR) is 169 cm³/mol. The van der Waals surface area contributed by atoms with Gasteiger partial charge >= 0.3 is 6.18 Å². The molecule has 1 atom stereocenters. The number of rotatable bonds is 11. The molecule has 1 N–H and O–H groups in total. The van der Waals surface area contributed by atoms with Gasteiger partial charge in [0.2, 0.25) is 11.8 Å². The van der Waals surface area contributed by atoms with Crippen LogP contribution in [0.5, 0.6) is 0 Å². The number of nitrogens with one attached hydrogen (secondary N) is 1. The number of sulfonamides is 1. The highest BCUT2D eigenvalue weighted by atomic mass is 35.5. The normalized spacial score (nSPS) is 14.6. The molecule has 1 aliphatic rings. The van der Waals surface area contributed by atoms with Crippen molar-refractivity contribution in [3.8, 4) is 0 Å². The molecule has 0 saturated heterocycles. The summed E-state index contributed by atoms with van der Waals surface area (Å²) >= 11 is 18.3. The van der Waals surface area contributed by atoms with E-state index in [1.54, 1.807) is 25.1 Å². The van der Waals surface area contributed by atoms with Crippen molar-refractivity contribution < 1.29 is 31.2 Å². The molecule has 4 rings (SSSR count). The summed E-state index contributed by atoms with van der Waals surface area (Å²) in [5.74, 6) is -1.26. The molecule has 0 spiro atoms. The second kappa shape index (κ2) is 14.6. The third kappa shape index (κ3) is 8.44. The van der Waals surface area contributed by atoms with Crippen LogP contribution in [-0.2, 0) is 32.3 Å². The van der Waals surface area contributed by atoms with Crippen LogP contribution in [0, 0.1) is 0 Å². The van der Waals surface area contributed by atoms with Gasteiger partial charge in [-0.3, -0.25) is 13.9 Å². The molecule has 1 saturated carbocycles. The number of nitrogens with zero attached hydrogens (tertiary/aromatic N) is 2. The standard InChI is InChI=1S/C31H31Cl3F3N3O4S/c1-2-28(30(42)38-22-8-6-7-9-22)39(18-20-12-13-21(32)16-27(20)34)29(41)19-40(45(43,44)24-10-4-3-5-11-24)23-14-15-26(33)25(17-23)31(35,36)37/h3-5,10-17,22,28H,2,6-9,18-19H2,1H3,(H,38,42). The van der Waals surface area contributed by atoms with Gasteiger partial charge in [-0.25, -0.2) is 8.42 Å². The van der Waals surface area contributed by atoms with Crippen LogP contribution in [-0.4, -0.2) is 43.8 Å². The van der Waals surface area contributed by atoms with Crippen molar-refractivity contribution in [2.75, 3.05) is 10.8 Å². The molecule has 3 aromatic carbocycles. The maximum atomic E-state index is 14.2. The second-order valence-corrected chi connectivity index (χ2v) is 13.8. The molecule has 0 bridgehead atoms. The SMILES string of the molecule is CCC(C(=O)NC1CCCC1)N(Cc1ccc(Cl)cc1Cl)C(=O)CN(c1ccc(Cl)c(C(F)(F)F)c1)S(=O)(=O)c1ccccc1. The number of benzene rings is 3. The molecule has 3 aromatic rings. The highest BCUT2D eigenvalue weighted by molar-refractivity contribution is 7.92. The van der Waals surface area contributed by atoms with Gasteiger partial charge < -0.3 is 10.2 Å². The predicted octanol–water partition coefficient (Wildman–Crippen LogP) is 7.73. The quantitative estimate of drug-likeness (QED) is 0.222. The van der Waals surface area contributed by atoms with E-state index in [0.717, 1.165) is 37.8 Å². The van der Waals surface area contributed by atoms with Gasteiger partial charge in [0.05, 0.1) is 21.2 Å². The molecule has 1 fully saturated rings. The molecule has 14 heteroatoms. The van der Waals surface area contributed by atoms with Gasteiger partial charge in [0.15, 0.2) is 0 Å². The summed E-state index contributed by atoms with van der Waals surface area (Å²) in [6, 6.07) is 13.1. The second-order valence-electron chi connectivity index (χ2n) is 10.7. The smallest absolute Gasteiger partial charge is 0.352 e. The van der Waals surface area contributed by atoms with Crippen LogP contribution in [0.25, 0.3) is 0 Å². The molecule has 7 nitrogen and oxygen atoms in total. The Bertz CT molecular complexity index is 1640. The van der Waals surface area contributed by atoms with Crippen LogP contribution in [0.3, 0.4) is 0 Å². The lowest BCUT2D eigenvalue weighted by Gasteiger charge is -2.34. The average molecular weight is 705 g/mol. The third-order valence-electron chi connectivity index (χ3n) is 7.60. The molecule has 0 aliphatic heterocycles. The van der Waals surface area contributed by atoms with Crippen molar-refractivity contribution in [2.45, 2.75) is 68.7 Å². The molecule has 1 unspecified atom stereocenters. The molecule has 0 heterocycles. The minimum absolute atomic E-state index is 0.0626. The van der Waals surface area contributed by atoms with Crippen LogP contribution < -0.4 is 9.62 Å². The Labute approximate surface area is 275 Å². The number of carbonyl (C=O) groups is 2. The monoisotopic (exact) mass is 703 g/mol. The summed E-state index contributed by atoms with van der Waals surface area (Å²) in [6.45, 7) is 0.587. The number of alkyl halides is 3. The van der Waals surface area contributed by atoms with E-state index in [9.17, 15) is 31.2 Å². The number of halogens is 6. The summed E-state index contributed by atoms with van der Waals surface area (Å²) in [5, 5.41) is 2.91. The largest absolute Gasteiger partial charge is 0.417 e. The van der Waals surface area contributed by atoms with E-state index in [1.165, 1.54) is 35.2 Å². The fourth-order valence-electron chi connectivity index (χ4n) is 5.25. The molecule has 2 amide bonds. The Kier molecular flexibility index (Phi) is 11.3. The van der Waals surface area contributed by atoms with Crippen molar-refractivity contribution in [3.63, 3.8) is 0 Å². The summed E-state index contributed by atoms with van der Waals surface area (Å²) in [5.41, 5.74) is -1.27. The van der Waals surface area contributed by atoms with Gasteiger partial charge in [0.25, 0.3) is 10.0 Å². The van der Waals surface area contributed by atoms with Crippen molar-refractivity contribution in [1.29, 1.82) is 0 Å². The lowest BCUT2D eigenvalue weighted by Crippen LogP contribution is -2.53. The first-order chi connectivity index (χ1) is 21.2. The lowest BCUT2D eigenvalue weighted by molar-refractivity contribution is -0.140. The fraction of sp³-hybridized carbons (Fsp3) is 0.355. The Morgan fingerprint density at radius 2 is 1.62 bits per heavy atom. The van der Waals surface area contributed by atoms with Gasteiger partial charge in [-0.1, -0.05) is 78.8 Å². The van der Waals surface area contributed by atoms with Crippen LogP contribution in [0.1, 0.15) is 50.2 Å². The zero-order valence-corrected chi connectivity index (χ0v) is 27.2. The number of carbonyl (C=O) groups excluding carboxylic acids is 2. The molecule has 242 valence electrons. The minimum atomic E-state index is -4.90. The van der Waals surface area contributed by atoms with Gasteiger partial charge in [0, 0.05) is 22.6 Å². The van der Waals surface area contributed by atoms with Crippen molar-refractivity contribution in [1.82, 2.24) is 10.2 Å². The fourth-order valence-corrected chi connectivity index (χ4v) is 7.37. The van der Waals surface area contributed by atoms with Crippen molar-refractivity contribution in [3.05, 3.63) is 92.9 Å². The van der Waals surface area contributed by atoms with Gasteiger partial charge in [-0.15, -0.1) is 0 Å². The third-order valence-corrected chi connectivity index (χ3v) is 10.3. The highest BCUT2D eigenvalue weighted by Crippen LogP contribution is 2.38. The number of anilines is 1. The number of hydrogen-bond donors (Lipinski definition) is 1. The lowest BCUT2D eigenvalue weighted by atomic mass is 10.1. The van der Waals surface area contributed by atoms with E-state index in [4.69, 9.17) is 34.8 Å². The summed E-state index contributed by atoms with van der Waals surface area (Å²) < 4.78 is 69.9. The molecule has 1 aliphatic carbocycles. The number of amides is 2. The molecular weight excluding hydrogens is 674 g/mol. The molecule has 45 heavy (non-hydrogen) atoms. The maximum absolute atomic E-state index is 14.2. The minimum Gasteiger partial charge on any atom is -0.352 e. The first kappa shape index (κ1) is 34.9. The van der Waals surface area contributed by atoms with Gasteiger partial charge in [-0.05, 0) is 67.3 Å².